The quantitative estimate of drug-likeness (QED) is 0.823. The molecule has 3 heteroatoms. The van der Waals surface area contributed by atoms with Crippen LogP contribution in [0.25, 0.3) is 0 Å². The second kappa shape index (κ2) is 4.94. The van der Waals surface area contributed by atoms with Gasteiger partial charge in [0.25, 0.3) is 0 Å². The number of allylic oxidation sites excluding steroid dienone is 1. The average Bonchev–Trinajstić information content (AvgIpc) is 2.93. The van der Waals surface area contributed by atoms with Gasteiger partial charge < -0.3 is 10.1 Å². The third-order valence-corrected chi connectivity index (χ3v) is 3.54. The van der Waals surface area contributed by atoms with Crippen molar-refractivity contribution in [3.8, 4) is 0 Å². The number of rotatable bonds is 3. The van der Waals surface area contributed by atoms with E-state index in [0.717, 1.165) is 38.4 Å². The number of benzene rings is 1. The SMILES string of the molecule is C=CCc1cccc2c1CCOC2C1=NCCN1. The first-order valence-corrected chi connectivity index (χ1v) is 6.51. The van der Waals surface area contributed by atoms with Crippen LogP contribution in [-0.4, -0.2) is 25.5 Å². The number of amidine groups is 1. The van der Waals surface area contributed by atoms with E-state index >= 15 is 0 Å². The summed E-state index contributed by atoms with van der Waals surface area (Å²) in [4.78, 5) is 4.49. The van der Waals surface area contributed by atoms with Crippen molar-refractivity contribution >= 4 is 5.84 Å². The molecule has 94 valence electrons. The van der Waals surface area contributed by atoms with E-state index in [0.29, 0.717) is 0 Å². The lowest BCUT2D eigenvalue weighted by molar-refractivity contribution is 0.0858. The third kappa shape index (κ3) is 1.95. The molecule has 3 nitrogen and oxygen atoms in total. The summed E-state index contributed by atoms with van der Waals surface area (Å²) in [6, 6.07) is 6.45. The van der Waals surface area contributed by atoms with Gasteiger partial charge in [0.05, 0.1) is 13.2 Å². The van der Waals surface area contributed by atoms with Gasteiger partial charge in [-0.1, -0.05) is 24.3 Å². The molecule has 18 heavy (non-hydrogen) atoms. The van der Waals surface area contributed by atoms with Gasteiger partial charge in [-0.3, -0.25) is 4.99 Å². The van der Waals surface area contributed by atoms with E-state index in [1.165, 1.54) is 16.7 Å². The van der Waals surface area contributed by atoms with Crippen LogP contribution < -0.4 is 5.32 Å². The maximum Gasteiger partial charge on any atom is 0.140 e. The molecule has 0 bridgehead atoms. The van der Waals surface area contributed by atoms with Crippen molar-refractivity contribution < 1.29 is 4.74 Å². The predicted molar refractivity (Wildman–Crippen MR) is 73.0 cm³/mol. The summed E-state index contributed by atoms with van der Waals surface area (Å²) in [6.45, 7) is 6.39. The Hall–Kier alpha value is -1.61. The molecular formula is C15H18N2O. The standard InChI is InChI=1S/C15H18N2O/c1-2-4-11-5-3-6-13-12(11)7-10-18-14(13)15-16-8-9-17-15/h2-3,5-6,14H,1,4,7-10H2,(H,16,17). The molecule has 0 saturated carbocycles. The van der Waals surface area contributed by atoms with Crippen molar-refractivity contribution in [2.24, 2.45) is 4.99 Å². The third-order valence-electron chi connectivity index (χ3n) is 3.54. The zero-order valence-electron chi connectivity index (χ0n) is 10.5. The minimum atomic E-state index is 0.000940. The summed E-state index contributed by atoms with van der Waals surface area (Å²) < 4.78 is 5.90. The fraction of sp³-hybridized carbons (Fsp3) is 0.400. The molecule has 0 amide bonds. The Kier molecular flexibility index (Phi) is 3.15. The van der Waals surface area contributed by atoms with Gasteiger partial charge in [-0.2, -0.15) is 0 Å². The smallest absolute Gasteiger partial charge is 0.140 e. The highest BCUT2D eigenvalue weighted by atomic mass is 16.5. The van der Waals surface area contributed by atoms with Crippen molar-refractivity contribution in [3.05, 3.63) is 47.5 Å². The fourth-order valence-corrected chi connectivity index (χ4v) is 2.74. The van der Waals surface area contributed by atoms with Crippen LogP contribution in [0.1, 0.15) is 22.8 Å². The topological polar surface area (TPSA) is 33.6 Å². The zero-order valence-corrected chi connectivity index (χ0v) is 10.5. The Morgan fingerprint density at radius 2 is 2.44 bits per heavy atom. The van der Waals surface area contributed by atoms with E-state index in [9.17, 15) is 0 Å². The number of hydrogen-bond acceptors (Lipinski definition) is 3. The van der Waals surface area contributed by atoms with Crippen LogP contribution in [0.15, 0.2) is 35.8 Å². The average molecular weight is 242 g/mol. The van der Waals surface area contributed by atoms with Crippen molar-refractivity contribution in [2.75, 3.05) is 19.7 Å². The van der Waals surface area contributed by atoms with Crippen LogP contribution in [0, 0.1) is 0 Å². The summed E-state index contributed by atoms with van der Waals surface area (Å²) in [5.41, 5.74) is 4.06. The summed E-state index contributed by atoms with van der Waals surface area (Å²) in [5.74, 6) is 0.992. The molecule has 1 unspecified atom stereocenters. The molecule has 1 aromatic carbocycles. The first-order valence-electron chi connectivity index (χ1n) is 6.51. The first-order chi connectivity index (χ1) is 8.90. The zero-order chi connectivity index (χ0) is 12.4. The number of nitrogens with one attached hydrogen (secondary N) is 1. The van der Waals surface area contributed by atoms with Gasteiger partial charge in [-0.15, -0.1) is 6.58 Å². The van der Waals surface area contributed by atoms with Crippen LogP contribution in [0.2, 0.25) is 0 Å². The molecular weight excluding hydrogens is 224 g/mol. The Labute approximate surface area is 108 Å². The van der Waals surface area contributed by atoms with Crippen LogP contribution in [0.4, 0.5) is 0 Å². The van der Waals surface area contributed by atoms with Crippen LogP contribution in [0.3, 0.4) is 0 Å². The maximum atomic E-state index is 5.90. The van der Waals surface area contributed by atoms with Crippen LogP contribution >= 0.6 is 0 Å². The Morgan fingerprint density at radius 3 is 3.22 bits per heavy atom. The van der Waals surface area contributed by atoms with Crippen LogP contribution in [-0.2, 0) is 17.6 Å². The van der Waals surface area contributed by atoms with E-state index in [1.54, 1.807) is 0 Å². The number of nitrogens with zero attached hydrogens (tertiary/aromatic N) is 1. The Balaban J connectivity index is 2.00. The van der Waals surface area contributed by atoms with Crippen molar-refractivity contribution in [1.29, 1.82) is 0 Å². The minimum Gasteiger partial charge on any atom is -0.369 e. The van der Waals surface area contributed by atoms with Gasteiger partial charge in [-0.05, 0) is 29.5 Å². The van der Waals surface area contributed by atoms with E-state index in [2.05, 4.69) is 35.1 Å². The molecule has 0 fully saturated rings. The maximum absolute atomic E-state index is 5.90. The molecule has 0 radical (unpaired) electrons. The van der Waals surface area contributed by atoms with E-state index in [-0.39, 0.29) is 6.10 Å². The van der Waals surface area contributed by atoms with Gasteiger partial charge in [0.2, 0.25) is 0 Å². The molecule has 0 saturated heterocycles. The van der Waals surface area contributed by atoms with Crippen molar-refractivity contribution in [2.45, 2.75) is 18.9 Å². The molecule has 1 N–H and O–H groups in total. The second-order valence-corrected chi connectivity index (χ2v) is 4.67. The highest BCUT2D eigenvalue weighted by Crippen LogP contribution is 2.30. The molecule has 3 rings (SSSR count). The molecule has 2 aliphatic heterocycles. The van der Waals surface area contributed by atoms with E-state index in [4.69, 9.17) is 4.74 Å². The molecule has 2 aliphatic rings. The number of ether oxygens (including phenoxy) is 1. The highest BCUT2D eigenvalue weighted by Gasteiger charge is 2.27. The fourth-order valence-electron chi connectivity index (χ4n) is 2.74. The van der Waals surface area contributed by atoms with E-state index in [1.807, 2.05) is 6.08 Å². The first kappa shape index (κ1) is 11.5. The molecule has 1 aromatic rings. The van der Waals surface area contributed by atoms with E-state index < -0.39 is 0 Å². The van der Waals surface area contributed by atoms with Crippen molar-refractivity contribution in [1.82, 2.24) is 5.32 Å². The molecule has 2 heterocycles. The monoisotopic (exact) mass is 242 g/mol. The lowest BCUT2D eigenvalue weighted by Crippen LogP contribution is -2.31. The summed E-state index contributed by atoms with van der Waals surface area (Å²) in [7, 11) is 0. The molecule has 1 atom stereocenters. The predicted octanol–water partition coefficient (Wildman–Crippen LogP) is 2.03. The number of fused-ring (bicyclic) bond motifs is 1. The largest absolute Gasteiger partial charge is 0.369 e. The molecule has 0 spiro atoms. The molecule has 0 aliphatic carbocycles. The summed E-state index contributed by atoms with van der Waals surface area (Å²) >= 11 is 0. The van der Waals surface area contributed by atoms with Gasteiger partial charge in [-0.25, -0.2) is 0 Å². The lowest BCUT2D eigenvalue weighted by Gasteiger charge is -2.27. The van der Waals surface area contributed by atoms with Gasteiger partial charge in [0, 0.05) is 6.54 Å². The van der Waals surface area contributed by atoms with Crippen molar-refractivity contribution in [3.63, 3.8) is 0 Å². The summed E-state index contributed by atoms with van der Waals surface area (Å²) in [6.07, 6.45) is 3.88. The normalized spacial score (nSPS) is 22.0. The number of aliphatic imine (C=N–C) groups is 1. The minimum absolute atomic E-state index is 0.000940. The summed E-state index contributed by atoms with van der Waals surface area (Å²) in [5, 5.41) is 3.32. The lowest BCUT2D eigenvalue weighted by atomic mass is 9.91. The van der Waals surface area contributed by atoms with Gasteiger partial charge in [0.1, 0.15) is 11.9 Å². The molecule has 0 aromatic heterocycles. The number of hydrogen-bond donors (Lipinski definition) is 1. The Bertz CT molecular complexity index is 493. The van der Waals surface area contributed by atoms with Crippen LogP contribution in [0.5, 0.6) is 0 Å². The Morgan fingerprint density at radius 1 is 1.50 bits per heavy atom. The van der Waals surface area contributed by atoms with Gasteiger partial charge >= 0.3 is 0 Å². The van der Waals surface area contributed by atoms with Gasteiger partial charge in [0.15, 0.2) is 0 Å². The second-order valence-electron chi connectivity index (χ2n) is 4.67. The highest BCUT2D eigenvalue weighted by molar-refractivity contribution is 5.89.